The largest absolute Gasteiger partial charge is 0.348 e. The fourth-order valence-electron chi connectivity index (χ4n) is 2.39. The molecular weight excluding hydrogens is 315 g/mol. The van der Waals surface area contributed by atoms with Gasteiger partial charge >= 0.3 is 0 Å². The van der Waals surface area contributed by atoms with Crippen LogP contribution in [0.2, 0.25) is 5.02 Å². The molecule has 0 saturated carbocycles. The summed E-state index contributed by atoms with van der Waals surface area (Å²) in [6.07, 6.45) is -0.0811. The highest BCUT2D eigenvalue weighted by atomic mass is 35.5. The highest BCUT2D eigenvalue weighted by molar-refractivity contribution is 6.31. The van der Waals surface area contributed by atoms with Gasteiger partial charge in [-0.3, -0.25) is 4.79 Å². The average Bonchev–Trinajstić information content (AvgIpc) is 2.51. The van der Waals surface area contributed by atoms with Crippen molar-refractivity contribution in [1.82, 2.24) is 10.2 Å². The van der Waals surface area contributed by atoms with Gasteiger partial charge in [0, 0.05) is 17.1 Å². The molecule has 2 aromatic rings. The van der Waals surface area contributed by atoms with Crippen molar-refractivity contribution in [3.8, 4) is 0 Å². The van der Waals surface area contributed by atoms with Crippen LogP contribution in [0.1, 0.15) is 17.2 Å². The van der Waals surface area contributed by atoms with Gasteiger partial charge in [0.25, 0.3) is 0 Å². The Morgan fingerprint density at radius 1 is 1.17 bits per heavy atom. The molecule has 0 saturated heterocycles. The van der Waals surface area contributed by atoms with E-state index in [9.17, 15) is 9.18 Å². The maximum absolute atomic E-state index is 13.8. The van der Waals surface area contributed by atoms with Crippen LogP contribution < -0.4 is 5.32 Å². The molecule has 0 heterocycles. The lowest BCUT2D eigenvalue weighted by Gasteiger charge is -2.23. The van der Waals surface area contributed by atoms with E-state index in [1.165, 1.54) is 12.1 Å². The third-order valence-corrected chi connectivity index (χ3v) is 3.84. The van der Waals surface area contributed by atoms with Crippen molar-refractivity contribution in [2.24, 2.45) is 0 Å². The van der Waals surface area contributed by atoms with Gasteiger partial charge in [-0.25, -0.2) is 4.39 Å². The molecule has 0 aromatic heterocycles. The number of carbonyl (C=O) groups excluding carboxylic acids is 1. The zero-order valence-corrected chi connectivity index (χ0v) is 14.0. The number of benzene rings is 2. The van der Waals surface area contributed by atoms with Crippen LogP contribution >= 0.6 is 11.6 Å². The van der Waals surface area contributed by atoms with Crippen molar-refractivity contribution in [2.75, 3.05) is 20.6 Å². The Hall–Kier alpha value is -1.91. The molecule has 0 fully saturated rings. The predicted octanol–water partition coefficient (Wildman–Crippen LogP) is 3.44. The van der Waals surface area contributed by atoms with Crippen LogP contribution in [0.25, 0.3) is 0 Å². The minimum Gasteiger partial charge on any atom is -0.348 e. The van der Waals surface area contributed by atoms with Crippen LogP contribution in [0, 0.1) is 5.82 Å². The second-order valence-electron chi connectivity index (χ2n) is 5.67. The molecule has 0 aliphatic rings. The number of hydrogen-bond acceptors (Lipinski definition) is 2. The maximum Gasteiger partial charge on any atom is 0.225 e. The summed E-state index contributed by atoms with van der Waals surface area (Å²) in [6, 6.07) is 14.0. The van der Waals surface area contributed by atoms with Gasteiger partial charge in [0.05, 0.1) is 12.5 Å². The maximum atomic E-state index is 13.8. The van der Waals surface area contributed by atoms with Crippen molar-refractivity contribution >= 4 is 17.5 Å². The molecule has 3 nitrogen and oxygen atoms in total. The molecule has 2 aromatic carbocycles. The number of hydrogen-bond donors (Lipinski definition) is 1. The Morgan fingerprint density at radius 3 is 2.48 bits per heavy atom. The van der Waals surface area contributed by atoms with Crippen LogP contribution in [0.4, 0.5) is 4.39 Å². The average molecular weight is 335 g/mol. The lowest BCUT2D eigenvalue weighted by Crippen LogP contribution is -2.36. The summed E-state index contributed by atoms with van der Waals surface area (Å²) in [7, 11) is 3.88. The van der Waals surface area contributed by atoms with Gasteiger partial charge in [-0.15, -0.1) is 0 Å². The first-order valence-electron chi connectivity index (χ1n) is 7.39. The normalized spacial score (nSPS) is 12.2. The van der Waals surface area contributed by atoms with E-state index in [1.807, 2.05) is 49.3 Å². The molecule has 1 unspecified atom stereocenters. The molecule has 23 heavy (non-hydrogen) atoms. The molecule has 122 valence electrons. The number of amides is 1. The smallest absolute Gasteiger partial charge is 0.225 e. The summed E-state index contributed by atoms with van der Waals surface area (Å²) in [5.74, 6) is -0.718. The monoisotopic (exact) mass is 334 g/mol. The van der Waals surface area contributed by atoms with Gasteiger partial charge in [0.1, 0.15) is 5.82 Å². The van der Waals surface area contributed by atoms with Crippen LogP contribution in [0.15, 0.2) is 48.5 Å². The van der Waals surface area contributed by atoms with E-state index >= 15 is 0 Å². The topological polar surface area (TPSA) is 32.3 Å². The lowest BCUT2D eigenvalue weighted by atomic mass is 10.1. The summed E-state index contributed by atoms with van der Waals surface area (Å²) in [5, 5.41) is 3.23. The first-order valence-corrected chi connectivity index (χ1v) is 7.77. The van der Waals surface area contributed by atoms with Crippen molar-refractivity contribution < 1.29 is 9.18 Å². The lowest BCUT2D eigenvalue weighted by molar-refractivity contribution is -0.121. The SMILES string of the molecule is CN(C)CC(NC(=O)Cc1c(F)cccc1Cl)c1ccccc1. The molecule has 1 N–H and O–H groups in total. The number of nitrogens with one attached hydrogen (secondary N) is 1. The van der Waals surface area contributed by atoms with Crippen LogP contribution in [-0.2, 0) is 11.2 Å². The van der Waals surface area contributed by atoms with Gasteiger partial charge in [0.2, 0.25) is 5.91 Å². The molecule has 1 amide bonds. The first kappa shape index (κ1) is 17.4. The van der Waals surface area contributed by atoms with E-state index in [4.69, 9.17) is 11.6 Å². The molecule has 0 aliphatic heterocycles. The fraction of sp³-hybridized carbons (Fsp3) is 0.278. The van der Waals surface area contributed by atoms with E-state index in [0.29, 0.717) is 6.54 Å². The Balaban J connectivity index is 2.12. The molecular formula is C18H20ClFN2O. The predicted molar refractivity (Wildman–Crippen MR) is 91.0 cm³/mol. The summed E-state index contributed by atoms with van der Waals surface area (Å²) >= 11 is 5.98. The van der Waals surface area contributed by atoms with Gasteiger partial charge < -0.3 is 10.2 Å². The van der Waals surface area contributed by atoms with Gasteiger partial charge in [-0.2, -0.15) is 0 Å². The van der Waals surface area contributed by atoms with E-state index < -0.39 is 5.82 Å². The Morgan fingerprint density at radius 2 is 1.87 bits per heavy atom. The zero-order chi connectivity index (χ0) is 16.8. The quantitative estimate of drug-likeness (QED) is 0.877. The van der Waals surface area contributed by atoms with Crippen molar-refractivity contribution in [2.45, 2.75) is 12.5 Å². The van der Waals surface area contributed by atoms with Gasteiger partial charge in [0.15, 0.2) is 0 Å². The van der Waals surface area contributed by atoms with E-state index in [1.54, 1.807) is 6.07 Å². The second-order valence-corrected chi connectivity index (χ2v) is 6.08. The summed E-state index contributed by atoms with van der Waals surface area (Å²) < 4.78 is 13.8. The number of carbonyl (C=O) groups is 1. The Bertz CT molecular complexity index is 641. The van der Waals surface area contributed by atoms with E-state index in [0.717, 1.165) is 5.56 Å². The van der Waals surface area contributed by atoms with Crippen LogP contribution in [0.5, 0.6) is 0 Å². The molecule has 0 bridgehead atoms. The number of nitrogens with zero attached hydrogens (tertiary/aromatic N) is 1. The minimum atomic E-state index is -0.462. The van der Waals surface area contributed by atoms with Crippen LogP contribution in [0.3, 0.4) is 0 Å². The molecule has 2 rings (SSSR count). The summed E-state index contributed by atoms with van der Waals surface area (Å²) in [5.41, 5.74) is 1.23. The van der Waals surface area contributed by atoms with Gasteiger partial charge in [-0.05, 0) is 31.8 Å². The number of likely N-dealkylation sites (N-methyl/N-ethyl adjacent to an activating group) is 1. The third-order valence-electron chi connectivity index (χ3n) is 3.48. The Kier molecular flexibility index (Phi) is 6.13. The zero-order valence-electron chi connectivity index (χ0n) is 13.2. The second kappa shape index (κ2) is 8.09. The van der Waals surface area contributed by atoms with Crippen molar-refractivity contribution in [3.63, 3.8) is 0 Å². The van der Waals surface area contributed by atoms with Gasteiger partial charge in [-0.1, -0.05) is 48.0 Å². The highest BCUT2D eigenvalue weighted by Crippen LogP contribution is 2.20. The first-order chi connectivity index (χ1) is 11.0. The number of rotatable bonds is 6. The third kappa shape index (κ3) is 5.05. The fourth-order valence-corrected chi connectivity index (χ4v) is 2.62. The highest BCUT2D eigenvalue weighted by Gasteiger charge is 2.18. The standard InChI is InChI=1S/C18H20ClFN2O/c1-22(2)12-17(13-7-4-3-5-8-13)21-18(23)11-14-15(19)9-6-10-16(14)20/h3-10,17H,11-12H2,1-2H3,(H,21,23). The summed E-state index contributed by atoms with van der Waals surface area (Å²) in [6.45, 7) is 0.654. The minimum absolute atomic E-state index is 0.0811. The molecule has 0 aliphatic carbocycles. The molecule has 5 heteroatoms. The van der Waals surface area contributed by atoms with Crippen LogP contribution in [-0.4, -0.2) is 31.4 Å². The molecule has 0 radical (unpaired) electrons. The Labute approximate surface area is 141 Å². The summed E-state index contributed by atoms with van der Waals surface area (Å²) in [4.78, 5) is 14.3. The van der Waals surface area contributed by atoms with E-state index in [-0.39, 0.29) is 29.0 Å². The van der Waals surface area contributed by atoms with Crippen molar-refractivity contribution in [1.29, 1.82) is 0 Å². The van der Waals surface area contributed by atoms with E-state index in [2.05, 4.69) is 5.32 Å². The number of halogens is 2. The van der Waals surface area contributed by atoms with Crippen molar-refractivity contribution in [3.05, 3.63) is 70.5 Å². The molecule has 1 atom stereocenters. The molecule has 0 spiro atoms.